The molecule has 0 aromatic rings. The number of hydrogen-bond acceptors (Lipinski definition) is 3. The Bertz CT molecular complexity index is 340. The maximum Gasteiger partial charge on any atom is 0.241 e. The maximum atomic E-state index is 11.6. The smallest absolute Gasteiger partial charge is 0.241 e. The molecule has 1 unspecified atom stereocenters. The first-order chi connectivity index (χ1) is 6.34. The molecule has 1 atom stereocenters. The summed E-state index contributed by atoms with van der Waals surface area (Å²) < 4.78 is 22.2. The highest BCUT2D eigenvalue weighted by atomic mass is 32.2. The topological polar surface area (TPSA) is 54.5 Å². The molecular weight excluding hydrogens is 202 g/mol. The van der Waals surface area contributed by atoms with Gasteiger partial charge in [-0.25, -0.2) is 8.42 Å². The third kappa shape index (κ3) is 3.38. The summed E-state index contributed by atoms with van der Waals surface area (Å²) in [4.78, 5) is 12.9. The van der Waals surface area contributed by atoms with Gasteiger partial charge >= 0.3 is 0 Å². The van der Waals surface area contributed by atoms with E-state index in [1.165, 1.54) is 11.8 Å². The second-order valence-corrected chi connectivity index (χ2v) is 5.39. The Morgan fingerprint density at radius 1 is 1.57 bits per heavy atom. The van der Waals surface area contributed by atoms with Crippen molar-refractivity contribution in [3.63, 3.8) is 0 Å². The van der Waals surface area contributed by atoms with Crippen molar-refractivity contribution >= 4 is 15.7 Å². The molecule has 0 spiro atoms. The van der Waals surface area contributed by atoms with Crippen LogP contribution in [0, 0.1) is 12.3 Å². The molecular formula is C9H15NO3S. The van der Waals surface area contributed by atoms with E-state index in [4.69, 9.17) is 6.42 Å². The Morgan fingerprint density at radius 3 is 2.36 bits per heavy atom. The minimum absolute atomic E-state index is 0.148. The van der Waals surface area contributed by atoms with E-state index in [1.807, 2.05) is 0 Å². The fraction of sp³-hybridized carbons (Fsp3) is 0.667. The molecule has 14 heavy (non-hydrogen) atoms. The van der Waals surface area contributed by atoms with E-state index in [0.717, 1.165) is 6.26 Å². The van der Waals surface area contributed by atoms with Crippen LogP contribution in [0.1, 0.15) is 13.8 Å². The quantitative estimate of drug-likeness (QED) is 0.618. The molecule has 80 valence electrons. The third-order valence-corrected chi connectivity index (χ3v) is 3.45. The van der Waals surface area contributed by atoms with Crippen LogP contribution in [0.5, 0.6) is 0 Å². The second kappa shape index (κ2) is 5.01. The van der Waals surface area contributed by atoms with Crippen molar-refractivity contribution in [2.45, 2.75) is 19.1 Å². The highest BCUT2D eigenvalue weighted by molar-refractivity contribution is 7.92. The minimum Gasteiger partial charge on any atom is -0.331 e. The SMILES string of the molecule is C#CCN(CC)C(=O)C(C)S(C)(=O)=O. The monoisotopic (exact) mass is 217 g/mol. The predicted molar refractivity (Wildman–Crippen MR) is 55.4 cm³/mol. The van der Waals surface area contributed by atoms with Crippen molar-refractivity contribution in [2.24, 2.45) is 0 Å². The fourth-order valence-corrected chi connectivity index (χ4v) is 1.41. The summed E-state index contributed by atoms with van der Waals surface area (Å²) in [6.07, 6.45) is 6.10. The zero-order chi connectivity index (χ0) is 11.4. The van der Waals surface area contributed by atoms with Crippen LogP contribution >= 0.6 is 0 Å². The first kappa shape index (κ1) is 13.0. The lowest BCUT2D eigenvalue weighted by atomic mass is 10.3. The summed E-state index contributed by atoms with van der Waals surface area (Å²) in [5, 5.41) is -1.02. The molecule has 0 aliphatic rings. The minimum atomic E-state index is -3.34. The van der Waals surface area contributed by atoms with Crippen molar-refractivity contribution < 1.29 is 13.2 Å². The van der Waals surface area contributed by atoms with Crippen LogP contribution in [-0.2, 0) is 14.6 Å². The van der Waals surface area contributed by atoms with Crippen molar-refractivity contribution in [1.29, 1.82) is 0 Å². The summed E-state index contributed by atoms with van der Waals surface area (Å²) in [7, 11) is -3.34. The van der Waals surface area contributed by atoms with Gasteiger partial charge in [0.1, 0.15) is 5.25 Å². The third-order valence-electron chi connectivity index (χ3n) is 1.97. The Kier molecular flexibility index (Phi) is 4.64. The summed E-state index contributed by atoms with van der Waals surface area (Å²) in [5.74, 6) is 1.88. The van der Waals surface area contributed by atoms with Gasteiger partial charge in [0, 0.05) is 12.8 Å². The first-order valence-electron chi connectivity index (χ1n) is 4.25. The van der Waals surface area contributed by atoms with Crippen LogP contribution in [0.3, 0.4) is 0 Å². The van der Waals surface area contributed by atoms with Crippen molar-refractivity contribution in [1.82, 2.24) is 4.90 Å². The Hall–Kier alpha value is -1.02. The molecule has 0 bridgehead atoms. The Morgan fingerprint density at radius 2 is 2.07 bits per heavy atom. The molecule has 0 aliphatic heterocycles. The van der Waals surface area contributed by atoms with Gasteiger partial charge in [-0.15, -0.1) is 6.42 Å². The van der Waals surface area contributed by atoms with E-state index >= 15 is 0 Å². The second-order valence-electron chi connectivity index (χ2n) is 3.03. The lowest BCUT2D eigenvalue weighted by molar-refractivity contribution is -0.129. The lowest BCUT2D eigenvalue weighted by Crippen LogP contribution is -2.41. The number of carbonyl (C=O) groups is 1. The number of carbonyl (C=O) groups excluding carboxylic acids is 1. The van der Waals surface area contributed by atoms with Gasteiger partial charge in [0.05, 0.1) is 6.54 Å². The van der Waals surface area contributed by atoms with Gasteiger partial charge in [-0.05, 0) is 13.8 Å². The molecule has 0 saturated heterocycles. The molecule has 1 amide bonds. The van der Waals surface area contributed by atoms with Crippen LogP contribution in [0.4, 0.5) is 0 Å². The predicted octanol–water partition coefficient (Wildman–Crippen LogP) is -0.0988. The molecule has 0 aromatic carbocycles. The molecule has 5 heteroatoms. The number of sulfone groups is 1. The standard InChI is InChI=1S/C9H15NO3S/c1-5-7-10(6-2)9(11)8(3)14(4,12)13/h1,8H,6-7H2,2-4H3. The van der Waals surface area contributed by atoms with Crippen molar-refractivity contribution in [3.05, 3.63) is 0 Å². The maximum absolute atomic E-state index is 11.6. The molecule has 0 N–H and O–H groups in total. The summed E-state index contributed by atoms with van der Waals surface area (Å²) in [5.41, 5.74) is 0. The molecule has 0 fully saturated rings. The van der Waals surface area contributed by atoms with Crippen molar-refractivity contribution in [3.8, 4) is 12.3 Å². The zero-order valence-corrected chi connectivity index (χ0v) is 9.47. The van der Waals surface area contributed by atoms with Gasteiger partial charge in [0.25, 0.3) is 0 Å². The average molecular weight is 217 g/mol. The molecule has 0 aromatic heterocycles. The summed E-state index contributed by atoms with van der Waals surface area (Å²) >= 11 is 0. The highest BCUT2D eigenvalue weighted by Gasteiger charge is 2.26. The van der Waals surface area contributed by atoms with Gasteiger partial charge in [-0.3, -0.25) is 4.79 Å². The molecule has 0 rings (SSSR count). The number of nitrogens with zero attached hydrogens (tertiary/aromatic N) is 1. The average Bonchev–Trinajstić information content (AvgIpc) is 2.10. The van der Waals surface area contributed by atoms with E-state index < -0.39 is 21.0 Å². The van der Waals surface area contributed by atoms with E-state index in [9.17, 15) is 13.2 Å². The van der Waals surface area contributed by atoms with Gasteiger partial charge in [0.15, 0.2) is 9.84 Å². The molecule has 4 nitrogen and oxygen atoms in total. The molecule has 0 aliphatic carbocycles. The van der Waals surface area contributed by atoms with E-state index in [1.54, 1.807) is 6.92 Å². The number of terminal acetylenes is 1. The van der Waals surface area contributed by atoms with Crippen molar-refractivity contribution in [2.75, 3.05) is 19.3 Å². The van der Waals surface area contributed by atoms with E-state index in [2.05, 4.69) is 5.92 Å². The van der Waals surface area contributed by atoms with Crippen LogP contribution in [0.15, 0.2) is 0 Å². The normalized spacial score (nSPS) is 13.0. The fourth-order valence-electron chi connectivity index (χ4n) is 0.896. The molecule has 0 radical (unpaired) electrons. The lowest BCUT2D eigenvalue weighted by Gasteiger charge is -2.21. The van der Waals surface area contributed by atoms with Gasteiger partial charge in [-0.1, -0.05) is 5.92 Å². The van der Waals surface area contributed by atoms with E-state index in [0.29, 0.717) is 6.54 Å². The Labute approximate surface area is 85.2 Å². The largest absolute Gasteiger partial charge is 0.331 e. The summed E-state index contributed by atoms with van der Waals surface area (Å²) in [6.45, 7) is 3.69. The van der Waals surface area contributed by atoms with E-state index in [-0.39, 0.29) is 6.54 Å². The number of rotatable bonds is 4. The van der Waals surface area contributed by atoms with Crippen LogP contribution < -0.4 is 0 Å². The van der Waals surface area contributed by atoms with Crippen LogP contribution in [0.2, 0.25) is 0 Å². The molecule has 0 saturated carbocycles. The van der Waals surface area contributed by atoms with Gasteiger partial charge in [-0.2, -0.15) is 0 Å². The zero-order valence-electron chi connectivity index (χ0n) is 8.65. The number of amides is 1. The first-order valence-corrected chi connectivity index (χ1v) is 6.21. The van der Waals surface area contributed by atoms with Gasteiger partial charge in [0.2, 0.25) is 5.91 Å². The number of hydrogen-bond donors (Lipinski definition) is 0. The molecule has 0 heterocycles. The van der Waals surface area contributed by atoms with Crippen LogP contribution in [-0.4, -0.2) is 43.8 Å². The van der Waals surface area contributed by atoms with Gasteiger partial charge < -0.3 is 4.90 Å². The summed E-state index contributed by atoms with van der Waals surface area (Å²) in [6, 6.07) is 0. The highest BCUT2D eigenvalue weighted by Crippen LogP contribution is 2.03. The Balaban J connectivity index is 4.69. The van der Waals surface area contributed by atoms with Crippen LogP contribution in [0.25, 0.3) is 0 Å².